The molecule has 0 aliphatic rings. The Bertz CT molecular complexity index is 644. The van der Waals surface area contributed by atoms with E-state index in [-0.39, 0.29) is 0 Å². The summed E-state index contributed by atoms with van der Waals surface area (Å²) >= 11 is 0. The molecule has 0 unspecified atom stereocenters. The first kappa shape index (κ1) is 9.90. The maximum Gasteiger partial charge on any atom is 0.171 e. The first-order valence-electron chi connectivity index (χ1n) is 5.38. The predicted octanol–water partition coefficient (Wildman–Crippen LogP) is 3.50. The Hall–Kier alpha value is -2.29. The summed E-state index contributed by atoms with van der Waals surface area (Å²) in [5, 5.41) is 5.04. The highest BCUT2D eigenvalue weighted by molar-refractivity contribution is 5.96. The largest absolute Gasteiger partial charge is 0.496 e. The first-order chi connectivity index (χ1) is 8.40. The molecule has 0 bridgehead atoms. The fraction of sp³-hybridized carbons (Fsp3) is 0.0714. The van der Waals surface area contributed by atoms with E-state index in [2.05, 4.69) is 5.16 Å². The smallest absolute Gasteiger partial charge is 0.171 e. The molecular formula is C14H11NO2. The highest BCUT2D eigenvalue weighted by Gasteiger charge is 2.14. The minimum atomic E-state index is 0.739. The lowest BCUT2D eigenvalue weighted by atomic mass is 10.1. The highest BCUT2D eigenvalue weighted by Crippen LogP contribution is 2.34. The predicted molar refractivity (Wildman–Crippen MR) is 66.0 cm³/mol. The Morgan fingerprint density at radius 1 is 1.00 bits per heavy atom. The molecule has 3 nitrogen and oxygen atoms in total. The van der Waals surface area contributed by atoms with Crippen LogP contribution in [0, 0.1) is 0 Å². The van der Waals surface area contributed by atoms with Crippen LogP contribution in [0.4, 0.5) is 0 Å². The van der Waals surface area contributed by atoms with Crippen molar-refractivity contribution < 1.29 is 9.26 Å². The molecule has 3 rings (SSSR count). The van der Waals surface area contributed by atoms with Gasteiger partial charge in [-0.1, -0.05) is 41.6 Å². The number of hydrogen-bond acceptors (Lipinski definition) is 3. The van der Waals surface area contributed by atoms with Crippen molar-refractivity contribution in [1.29, 1.82) is 0 Å². The molecule has 0 amide bonds. The molecule has 0 radical (unpaired) electrons. The van der Waals surface area contributed by atoms with Gasteiger partial charge in [0.05, 0.1) is 12.5 Å². The zero-order valence-electron chi connectivity index (χ0n) is 9.38. The van der Waals surface area contributed by atoms with Crippen LogP contribution in [0.3, 0.4) is 0 Å². The zero-order valence-corrected chi connectivity index (χ0v) is 9.38. The quantitative estimate of drug-likeness (QED) is 0.669. The number of fused-ring (bicyclic) bond motifs is 1. The van der Waals surface area contributed by atoms with E-state index in [1.807, 2.05) is 48.5 Å². The normalized spacial score (nSPS) is 10.6. The van der Waals surface area contributed by atoms with Gasteiger partial charge in [-0.2, -0.15) is 0 Å². The first-order valence-corrected chi connectivity index (χ1v) is 5.38. The summed E-state index contributed by atoms with van der Waals surface area (Å²) in [5.74, 6) is 0.780. The van der Waals surface area contributed by atoms with Crippen LogP contribution in [0.25, 0.3) is 22.2 Å². The van der Waals surface area contributed by atoms with E-state index in [1.165, 1.54) is 0 Å². The van der Waals surface area contributed by atoms with Crippen molar-refractivity contribution >= 4 is 11.0 Å². The molecule has 0 aliphatic carbocycles. The summed E-state index contributed by atoms with van der Waals surface area (Å²) in [6.45, 7) is 0. The molecule has 84 valence electrons. The Morgan fingerprint density at radius 2 is 1.82 bits per heavy atom. The van der Waals surface area contributed by atoms with Gasteiger partial charge >= 0.3 is 0 Å². The minimum absolute atomic E-state index is 0.739. The topological polar surface area (TPSA) is 35.3 Å². The van der Waals surface area contributed by atoms with Crippen LogP contribution in [0.1, 0.15) is 0 Å². The van der Waals surface area contributed by atoms with Crippen LogP contribution in [-0.4, -0.2) is 12.3 Å². The summed E-state index contributed by atoms with van der Waals surface area (Å²) in [5.41, 5.74) is 2.58. The average Bonchev–Trinajstić information content (AvgIpc) is 2.83. The molecule has 1 aromatic heterocycles. The number of hydrogen-bond donors (Lipinski definition) is 0. The second-order valence-corrected chi connectivity index (χ2v) is 3.73. The monoisotopic (exact) mass is 225 g/mol. The van der Waals surface area contributed by atoms with Crippen molar-refractivity contribution in [3.8, 4) is 17.0 Å². The number of aromatic nitrogens is 1. The molecule has 0 saturated carbocycles. The average molecular weight is 225 g/mol. The van der Waals surface area contributed by atoms with Crippen molar-refractivity contribution in [1.82, 2.24) is 5.16 Å². The molecule has 1 heterocycles. The summed E-state index contributed by atoms with van der Waals surface area (Å²) in [4.78, 5) is 0. The van der Waals surface area contributed by atoms with Crippen molar-refractivity contribution in [2.75, 3.05) is 7.11 Å². The lowest BCUT2D eigenvalue weighted by Gasteiger charge is -2.01. The Morgan fingerprint density at radius 3 is 2.59 bits per heavy atom. The van der Waals surface area contributed by atoms with Crippen LogP contribution in [0.2, 0.25) is 0 Å². The lowest BCUT2D eigenvalue weighted by Crippen LogP contribution is -1.84. The molecule has 0 aliphatic heterocycles. The highest BCUT2D eigenvalue weighted by atomic mass is 16.5. The number of rotatable bonds is 2. The SMILES string of the molecule is COc1cccc2onc(-c3ccccc3)c12. The van der Waals surface area contributed by atoms with E-state index in [4.69, 9.17) is 9.26 Å². The zero-order chi connectivity index (χ0) is 11.7. The third-order valence-electron chi connectivity index (χ3n) is 2.73. The van der Waals surface area contributed by atoms with Gasteiger partial charge in [0.2, 0.25) is 0 Å². The van der Waals surface area contributed by atoms with E-state index in [0.29, 0.717) is 0 Å². The number of nitrogens with zero attached hydrogens (tertiary/aromatic N) is 1. The van der Waals surface area contributed by atoms with E-state index in [1.54, 1.807) is 7.11 Å². The standard InChI is InChI=1S/C14H11NO2/c1-16-11-8-5-9-12-13(11)14(15-17-12)10-6-3-2-4-7-10/h2-9H,1H3. The fourth-order valence-electron chi connectivity index (χ4n) is 1.92. The molecule has 0 fully saturated rings. The maximum atomic E-state index is 5.35. The molecular weight excluding hydrogens is 214 g/mol. The van der Waals surface area contributed by atoms with Gasteiger partial charge < -0.3 is 9.26 Å². The van der Waals surface area contributed by atoms with E-state index in [0.717, 1.165) is 28.0 Å². The van der Waals surface area contributed by atoms with Gasteiger partial charge in [-0.05, 0) is 12.1 Å². The van der Waals surface area contributed by atoms with E-state index >= 15 is 0 Å². The van der Waals surface area contributed by atoms with Gasteiger partial charge in [0.15, 0.2) is 5.58 Å². The summed E-state index contributed by atoms with van der Waals surface area (Å²) < 4.78 is 10.7. The van der Waals surface area contributed by atoms with E-state index < -0.39 is 0 Å². The second-order valence-electron chi connectivity index (χ2n) is 3.73. The Balaban J connectivity index is 2.31. The van der Waals surface area contributed by atoms with Crippen molar-refractivity contribution in [2.45, 2.75) is 0 Å². The van der Waals surface area contributed by atoms with Crippen LogP contribution in [-0.2, 0) is 0 Å². The lowest BCUT2D eigenvalue weighted by molar-refractivity contribution is 0.419. The van der Waals surface area contributed by atoms with Crippen LogP contribution in [0.5, 0.6) is 5.75 Å². The molecule has 3 aromatic rings. The number of ether oxygens (including phenoxy) is 1. The summed E-state index contributed by atoms with van der Waals surface area (Å²) in [7, 11) is 1.65. The molecule has 0 saturated heterocycles. The second kappa shape index (κ2) is 3.94. The summed E-state index contributed by atoms with van der Waals surface area (Å²) in [6.07, 6.45) is 0. The van der Waals surface area contributed by atoms with Crippen LogP contribution >= 0.6 is 0 Å². The fourth-order valence-corrected chi connectivity index (χ4v) is 1.92. The number of benzene rings is 2. The molecule has 0 spiro atoms. The van der Waals surface area contributed by atoms with Gasteiger partial charge in [0.25, 0.3) is 0 Å². The Kier molecular flexibility index (Phi) is 2.29. The molecule has 0 N–H and O–H groups in total. The van der Waals surface area contributed by atoms with Gasteiger partial charge in [-0.3, -0.25) is 0 Å². The van der Waals surface area contributed by atoms with Crippen molar-refractivity contribution in [2.24, 2.45) is 0 Å². The third kappa shape index (κ3) is 1.56. The van der Waals surface area contributed by atoms with Crippen LogP contribution in [0.15, 0.2) is 53.1 Å². The van der Waals surface area contributed by atoms with Crippen molar-refractivity contribution in [3.05, 3.63) is 48.5 Å². The molecule has 17 heavy (non-hydrogen) atoms. The van der Waals surface area contributed by atoms with Gasteiger partial charge in [0, 0.05) is 5.56 Å². The minimum Gasteiger partial charge on any atom is -0.496 e. The van der Waals surface area contributed by atoms with E-state index in [9.17, 15) is 0 Å². The van der Waals surface area contributed by atoms with Crippen LogP contribution < -0.4 is 4.74 Å². The van der Waals surface area contributed by atoms with Crippen molar-refractivity contribution in [3.63, 3.8) is 0 Å². The van der Waals surface area contributed by atoms with Gasteiger partial charge in [0.1, 0.15) is 11.4 Å². The molecule has 3 heteroatoms. The van der Waals surface area contributed by atoms with Gasteiger partial charge in [-0.15, -0.1) is 0 Å². The molecule has 0 atom stereocenters. The third-order valence-corrected chi connectivity index (χ3v) is 2.73. The number of methoxy groups -OCH3 is 1. The molecule has 2 aromatic carbocycles. The maximum absolute atomic E-state index is 5.35. The van der Waals surface area contributed by atoms with Gasteiger partial charge in [-0.25, -0.2) is 0 Å². The summed E-state index contributed by atoms with van der Waals surface area (Å²) in [6, 6.07) is 15.6. The Labute approximate surface area is 98.6 Å².